The van der Waals surface area contributed by atoms with Crippen LogP contribution in [0.3, 0.4) is 0 Å². The molecule has 10 nitrogen and oxygen atoms in total. The van der Waals surface area contributed by atoms with E-state index in [1.165, 1.54) is 155 Å². The molecule has 0 atom stereocenters. The van der Waals surface area contributed by atoms with Crippen molar-refractivity contribution in [3.63, 3.8) is 0 Å². The normalized spacial score (nSPS) is 15.1. The minimum Gasteiger partial charge on any atom is -0.399 e. The zero-order chi connectivity index (χ0) is 98.9. The highest BCUT2D eigenvalue weighted by Gasteiger charge is 2.52. The number of benzene rings is 18. The molecule has 0 bridgehead atoms. The average molecular weight is 1900 g/mol. The molecule has 5 aliphatic rings. The topological polar surface area (TPSA) is 89.7 Å². The van der Waals surface area contributed by atoms with E-state index in [-0.39, 0.29) is 26.9 Å². The molecule has 29 rings (SSSR count). The van der Waals surface area contributed by atoms with Crippen LogP contribution in [0.25, 0.3) is 211 Å². The molecule has 18 aromatic carbocycles. The molecule has 0 N–H and O–H groups in total. The minimum absolute atomic E-state index is 0.0332. The summed E-state index contributed by atoms with van der Waals surface area (Å²) in [6.45, 7) is 27.1. The van der Waals surface area contributed by atoms with E-state index < -0.39 is 18.3 Å². The molecule has 0 spiro atoms. The van der Waals surface area contributed by atoms with Crippen LogP contribution < -0.4 is 5.46 Å². The first-order valence-electron chi connectivity index (χ1n) is 50.8. The summed E-state index contributed by atoms with van der Waals surface area (Å²) in [6.07, 6.45) is 4.43. The van der Waals surface area contributed by atoms with Crippen LogP contribution in [0.15, 0.2) is 413 Å². The average Bonchev–Trinajstić information content (AvgIpc) is 1.56. The first kappa shape index (κ1) is 88.5. The Morgan fingerprint density at radius 1 is 0.233 bits per heavy atom. The number of rotatable bonds is 10. The Morgan fingerprint density at radius 2 is 0.568 bits per heavy atom. The second kappa shape index (κ2) is 32.8. The first-order chi connectivity index (χ1) is 70.8. The fourth-order valence-corrected chi connectivity index (χ4v) is 24.8. The largest absolute Gasteiger partial charge is 0.494 e. The van der Waals surface area contributed by atoms with Crippen molar-refractivity contribution >= 4 is 111 Å². The van der Waals surface area contributed by atoms with Gasteiger partial charge in [-0.05, 0) is 277 Å². The van der Waals surface area contributed by atoms with Gasteiger partial charge in [0.05, 0.1) is 66.7 Å². The number of para-hydroxylation sites is 2. The van der Waals surface area contributed by atoms with Gasteiger partial charge in [0.25, 0.3) is 0 Å². The van der Waals surface area contributed by atoms with Crippen LogP contribution in [-0.2, 0) is 31.0 Å². The summed E-state index contributed by atoms with van der Waals surface area (Å²) in [4.78, 5) is 19.7. The third-order valence-electron chi connectivity index (χ3n) is 33.0. The Balaban J connectivity index is 0.000000119. The lowest BCUT2D eigenvalue weighted by Crippen LogP contribution is -2.41. The van der Waals surface area contributed by atoms with Crippen LogP contribution in [0, 0.1) is 0 Å². The quantitative estimate of drug-likeness (QED) is 0.100. The third-order valence-corrected chi connectivity index (χ3v) is 33.2. The number of fused-ring (bicyclic) bond motifs is 24. The fourth-order valence-electron chi connectivity index (χ4n) is 24.7. The number of hydrogen-bond acceptors (Lipinski definition) is 6. The monoisotopic (exact) mass is 1900 g/mol. The molecule has 6 aromatic heterocycles. The Morgan fingerprint density at radius 3 is 1.01 bits per heavy atom. The highest BCUT2D eigenvalue weighted by Crippen LogP contribution is 2.56. The summed E-state index contributed by atoms with van der Waals surface area (Å²) in [5.41, 5.74) is 44.5. The van der Waals surface area contributed by atoms with E-state index >= 15 is 0 Å². The summed E-state index contributed by atoms with van der Waals surface area (Å²) < 4.78 is 22.7. The Bertz CT molecular complexity index is 9570. The maximum atomic E-state index is 6.53. The van der Waals surface area contributed by atoms with Gasteiger partial charge in [0.2, 0.25) is 5.28 Å². The van der Waals surface area contributed by atoms with Gasteiger partial charge in [-0.2, -0.15) is 0 Å². The van der Waals surface area contributed by atoms with Crippen molar-refractivity contribution in [3.8, 4) is 123 Å². The van der Waals surface area contributed by atoms with E-state index in [1.54, 1.807) is 0 Å². The maximum Gasteiger partial charge on any atom is 0.494 e. The summed E-state index contributed by atoms with van der Waals surface area (Å²) in [7, 11) is -0.434. The van der Waals surface area contributed by atoms with Gasteiger partial charge in [0.1, 0.15) is 0 Å². The molecule has 146 heavy (non-hydrogen) atoms. The minimum atomic E-state index is -0.434. The number of nitrogens with zero attached hydrogens (tertiary/aromatic N) is 8. The zero-order valence-corrected chi connectivity index (χ0v) is 84.4. The second-order valence-corrected chi connectivity index (χ2v) is 43.5. The smallest absolute Gasteiger partial charge is 0.399 e. The van der Waals surface area contributed by atoms with Gasteiger partial charge in [-0.1, -0.05) is 334 Å². The lowest BCUT2D eigenvalue weighted by Gasteiger charge is -2.32. The molecular weight excluding hydrogens is 1800 g/mol. The summed E-state index contributed by atoms with van der Waals surface area (Å²) >= 11 is 6.20. The van der Waals surface area contributed by atoms with Gasteiger partial charge in [0.15, 0.2) is 5.82 Å². The third kappa shape index (κ3) is 13.7. The summed E-state index contributed by atoms with van der Waals surface area (Å²) in [6, 6.07) is 146. The van der Waals surface area contributed by atoms with Crippen molar-refractivity contribution in [2.75, 3.05) is 0 Å². The van der Waals surface area contributed by atoms with Crippen LogP contribution in [0.1, 0.15) is 128 Å². The fraction of sp³-hybridized carbons (Fsp3) is 0.134. The molecule has 0 radical (unpaired) electrons. The molecule has 0 saturated carbocycles. The van der Waals surface area contributed by atoms with Crippen molar-refractivity contribution in [3.05, 3.63) is 463 Å². The van der Waals surface area contributed by atoms with E-state index in [2.05, 4.69) is 500 Å². The highest BCUT2D eigenvalue weighted by molar-refractivity contribution is 6.62. The van der Waals surface area contributed by atoms with Crippen LogP contribution in [0.5, 0.6) is 0 Å². The van der Waals surface area contributed by atoms with Crippen LogP contribution in [0.2, 0.25) is 5.28 Å². The van der Waals surface area contributed by atoms with Crippen molar-refractivity contribution < 1.29 is 9.31 Å². The van der Waals surface area contributed by atoms with E-state index in [9.17, 15) is 0 Å². The predicted molar refractivity (Wildman–Crippen MR) is 606 cm³/mol. The zero-order valence-electron chi connectivity index (χ0n) is 83.6. The van der Waals surface area contributed by atoms with Gasteiger partial charge < -0.3 is 27.6 Å². The van der Waals surface area contributed by atoms with Gasteiger partial charge in [-0.15, -0.1) is 0 Å². The van der Waals surface area contributed by atoms with Crippen LogP contribution >= 0.6 is 11.6 Å². The first-order valence-corrected chi connectivity index (χ1v) is 51.2. The van der Waals surface area contributed by atoms with E-state index in [4.69, 9.17) is 30.9 Å². The lowest BCUT2D eigenvalue weighted by atomic mass is 9.78. The molecule has 1 fully saturated rings. The lowest BCUT2D eigenvalue weighted by molar-refractivity contribution is 0.00578. The van der Waals surface area contributed by atoms with Crippen molar-refractivity contribution in [1.82, 2.24) is 38.2 Å². The van der Waals surface area contributed by atoms with Crippen LogP contribution in [-0.4, -0.2) is 56.5 Å². The molecular formula is C134H104BClN8O2. The van der Waals surface area contributed by atoms with Gasteiger partial charge in [-0.25, -0.2) is 19.9 Å². The van der Waals surface area contributed by atoms with Crippen LogP contribution in [0.4, 0.5) is 0 Å². The number of hydrogen-bond donors (Lipinski definition) is 0. The van der Waals surface area contributed by atoms with Gasteiger partial charge in [0, 0.05) is 117 Å². The maximum absolute atomic E-state index is 6.53. The van der Waals surface area contributed by atoms with E-state index in [0.717, 1.165) is 100 Å². The molecule has 1 aliphatic heterocycles. The molecule has 0 amide bonds. The Kier molecular flexibility index (Phi) is 19.9. The molecule has 12 heteroatoms. The van der Waals surface area contributed by atoms with E-state index in [1.807, 2.05) is 24.3 Å². The molecule has 1 saturated heterocycles. The van der Waals surface area contributed by atoms with Gasteiger partial charge in [-0.3, -0.25) is 0 Å². The predicted octanol–water partition coefficient (Wildman–Crippen LogP) is 33.5. The highest BCUT2D eigenvalue weighted by atomic mass is 35.5. The molecule has 7 heterocycles. The summed E-state index contributed by atoms with van der Waals surface area (Å²) in [5.74, 6) is 0.716. The van der Waals surface area contributed by atoms with Crippen molar-refractivity contribution in [1.29, 1.82) is 0 Å². The molecule has 702 valence electrons. The Hall–Kier alpha value is -16.4. The summed E-state index contributed by atoms with van der Waals surface area (Å²) in [5, 5.41) is 9.50. The van der Waals surface area contributed by atoms with Crippen molar-refractivity contribution in [2.45, 2.75) is 116 Å². The standard InChI is InChI=1S/C64H46N4.C47H41BN2O2.C23H17ClN2/c1-63(2)53-19-11-8-16-45(53)47-29-24-41(37-55(47)63)60-50-18-10-13-21-57(50)65-62(66-60)42-25-32-59-52(36-42)49-31-33-58-51(34-35-67(58)43-26-22-40(23-27-43)39-14-6-5-7-15-39)61(49)68(59)44-28-30-48-46-17-9-12-20-54(46)64(3,4)56(48)38-44;1-45(2)40-15-11-10-14-35(40)36-22-21-34(29-41(36)45)50-43-24-18-32(48-51-46(3,4)47(5,6)52-48)28-39(43)37-23-25-42-38(44(37)50)26-27-49(42)33-19-16-31(17-20-33)30-12-8-7-9-13-30;1-23(2)18-9-5-3-7-15(18)16-12-11-14(13-19(16)23)21-17-8-4-6-10-20(17)25-22(24)26-21/h5-38H,1-4H3;7-29H,1-6H3;3-13H,1-2H3. The molecule has 4 aliphatic carbocycles. The SMILES string of the molecule is CC1(C)c2ccccc2-c2ccc(-c3nc(-c4ccc5c(c4)c4ccc6c(ccn6-c6ccc(-c7ccccc7)cc6)c4n5-c4ccc5c(c4)C(C)(C)c4ccccc4-5)nc4ccccc34)cc21.CC1(C)c2ccccc2-c2ccc(-c3nc(Cl)nc4ccccc34)cc21.CC1(C)c2ccccc2-c2ccc(-n3c4ccc(B5OC(C)(C)C(C)(C)O5)cc4c4ccc5c(ccn5-c5ccc(-c6ccccc6)cc5)c43)cc21. The molecule has 0 unspecified atom stereocenters. The number of halogens is 1. The van der Waals surface area contributed by atoms with Crippen molar-refractivity contribution in [2.24, 2.45) is 0 Å². The molecule has 24 aromatic rings. The van der Waals surface area contributed by atoms with Gasteiger partial charge >= 0.3 is 7.12 Å². The Labute approximate surface area is 854 Å². The number of aromatic nitrogens is 8. The van der Waals surface area contributed by atoms with E-state index in [0.29, 0.717) is 5.82 Å². The second-order valence-electron chi connectivity index (χ2n) is 43.2.